The molecule has 1 nitrogen and oxygen atoms in total. The molecule has 0 unspecified atom stereocenters. The molecule has 0 amide bonds. The molecule has 0 N–H and O–H groups in total. The molecule has 0 radical (unpaired) electrons. The fraction of sp³-hybridized carbons (Fsp3) is 0.400. The van der Waals surface area contributed by atoms with Gasteiger partial charge < -0.3 is 0 Å². The molecule has 1 heteroatoms. The van der Waals surface area contributed by atoms with E-state index in [1.54, 1.807) is 5.56 Å². The van der Waals surface area contributed by atoms with Gasteiger partial charge in [-0.25, -0.2) is 4.57 Å². The summed E-state index contributed by atoms with van der Waals surface area (Å²) in [5.41, 5.74) is 8.46. The number of hydrogen-bond acceptors (Lipinski definition) is 0. The van der Waals surface area contributed by atoms with Crippen LogP contribution in [0.5, 0.6) is 0 Å². The molecule has 0 atom stereocenters. The van der Waals surface area contributed by atoms with Gasteiger partial charge in [0.1, 0.15) is 7.05 Å². The van der Waals surface area contributed by atoms with E-state index in [0.717, 1.165) is 5.92 Å². The van der Waals surface area contributed by atoms with Crippen LogP contribution in [0.15, 0.2) is 42.6 Å². The van der Waals surface area contributed by atoms with Crippen LogP contribution in [0.3, 0.4) is 0 Å². The third kappa shape index (κ3) is 3.05. The number of aromatic nitrogens is 1. The molecular formula is C25H30N+. The third-order valence-electron chi connectivity index (χ3n) is 6.32. The maximum Gasteiger partial charge on any atom is 0.220 e. The normalized spacial score (nSPS) is 15.5. The molecule has 3 aromatic rings. The first-order chi connectivity index (χ1) is 12.5. The molecule has 2 aromatic carbocycles. The van der Waals surface area contributed by atoms with Crippen LogP contribution in [0.25, 0.3) is 22.0 Å². The monoisotopic (exact) mass is 344 g/mol. The molecule has 1 fully saturated rings. The molecule has 1 aliphatic rings. The van der Waals surface area contributed by atoms with Gasteiger partial charge in [0.15, 0.2) is 6.20 Å². The summed E-state index contributed by atoms with van der Waals surface area (Å²) in [4.78, 5) is 0. The van der Waals surface area contributed by atoms with Crippen molar-refractivity contribution in [1.29, 1.82) is 0 Å². The van der Waals surface area contributed by atoms with Crippen molar-refractivity contribution < 1.29 is 4.57 Å². The van der Waals surface area contributed by atoms with Crippen LogP contribution in [-0.4, -0.2) is 0 Å². The van der Waals surface area contributed by atoms with Crippen LogP contribution in [-0.2, 0) is 7.05 Å². The molecule has 0 spiro atoms. The van der Waals surface area contributed by atoms with Gasteiger partial charge in [-0.05, 0) is 73.7 Å². The highest BCUT2D eigenvalue weighted by atomic mass is 14.9. The summed E-state index contributed by atoms with van der Waals surface area (Å²) < 4.78 is 2.30. The Morgan fingerprint density at radius 1 is 0.885 bits per heavy atom. The van der Waals surface area contributed by atoms with Gasteiger partial charge in [-0.15, -0.1) is 0 Å². The average Bonchev–Trinajstić information content (AvgIpc) is 2.65. The Kier molecular flexibility index (Phi) is 4.56. The first-order valence-electron chi connectivity index (χ1n) is 10.0. The lowest BCUT2D eigenvalue weighted by molar-refractivity contribution is -0.659. The van der Waals surface area contributed by atoms with Gasteiger partial charge >= 0.3 is 0 Å². The molecule has 1 aliphatic carbocycles. The number of benzene rings is 2. The zero-order valence-electron chi connectivity index (χ0n) is 16.6. The molecule has 4 rings (SSSR count). The van der Waals surface area contributed by atoms with E-state index in [-0.39, 0.29) is 0 Å². The molecular weight excluding hydrogens is 314 g/mol. The smallest absolute Gasteiger partial charge is 0.200 e. The van der Waals surface area contributed by atoms with Crippen LogP contribution in [0.1, 0.15) is 60.3 Å². The van der Waals surface area contributed by atoms with Gasteiger partial charge in [-0.2, -0.15) is 0 Å². The van der Waals surface area contributed by atoms with E-state index >= 15 is 0 Å². The highest BCUT2D eigenvalue weighted by Crippen LogP contribution is 2.37. The number of hydrogen-bond donors (Lipinski definition) is 0. The minimum absolute atomic E-state index is 0.740. The Balaban J connectivity index is 1.95. The molecule has 0 bridgehead atoms. The molecule has 0 aliphatic heterocycles. The minimum atomic E-state index is 0.740. The first kappa shape index (κ1) is 17.3. The van der Waals surface area contributed by atoms with Crippen molar-refractivity contribution in [3.05, 3.63) is 64.8 Å². The quantitative estimate of drug-likeness (QED) is 0.480. The number of rotatable bonds is 2. The lowest BCUT2D eigenvalue weighted by Crippen LogP contribution is -2.31. The van der Waals surface area contributed by atoms with Crippen molar-refractivity contribution in [3.63, 3.8) is 0 Å². The predicted octanol–water partition coefficient (Wildman–Crippen LogP) is 6.30. The van der Waals surface area contributed by atoms with Gasteiger partial charge in [0.2, 0.25) is 5.69 Å². The highest BCUT2D eigenvalue weighted by molar-refractivity contribution is 5.94. The van der Waals surface area contributed by atoms with Gasteiger partial charge in [0, 0.05) is 6.07 Å². The molecule has 1 aromatic heterocycles. The Labute approximate surface area is 157 Å². The molecule has 1 saturated carbocycles. The van der Waals surface area contributed by atoms with Crippen LogP contribution in [0.2, 0.25) is 0 Å². The van der Waals surface area contributed by atoms with Crippen molar-refractivity contribution in [2.24, 2.45) is 7.05 Å². The number of nitrogens with zero attached hydrogens (tertiary/aromatic N) is 1. The van der Waals surface area contributed by atoms with E-state index in [0.29, 0.717) is 0 Å². The summed E-state index contributed by atoms with van der Waals surface area (Å²) in [5, 5.41) is 2.68. The summed E-state index contributed by atoms with van der Waals surface area (Å²) in [5.74, 6) is 0.740. The van der Waals surface area contributed by atoms with E-state index < -0.39 is 0 Å². The van der Waals surface area contributed by atoms with E-state index in [9.17, 15) is 0 Å². The van der Waals surface area contributed by atoms with Crippen molar-refractivity contribution in [2.75, 3.05) is 0 Å². The lowest BCUT2D eigenvalue weighted by Gasteiger charge is -2.23. The summed E-state index contributed by atoms with van der Waals surface area (Å²) in [7, 11) is 2.18. The second-order valence-electron chi connectivity index (χ2n) is 8.21. The van der Waals surface area contributed by atoms with Crippen molar-refractivity contribution >= 4 is 10.8 Å². The second-order valence-corrected chi connectivity index (χ2v) is 8.21. The van der Waals surface area contributed by atoms with Gasteiger partial charge in [0.05, 0.1) is 10.9 Å². The van der Waals surface area contributed by atoms with E-state index in [2.05, 4.69) is 75.0 Å². The maximum absolute atomic E-state index is 2.50. The Hall–Kier alpha value is -2.15. The van der Waals surface area contributed by atoms with E-state index in [1.165, 1.54) is 70.8 Å². The van der Waals surface area contributed by atoms with Gasteiger partial charge in [0.25, 0.3) is 0 Å². The number of pyridine rings is 1. The largest absolute Gasteiger partial charge is 0.220 e. The van der Waals surface area contributed by atoms with Crippen molar-refractivity contribution in [1.82, 2.24) is 0 Å². The molecule has 134 valence electrons. The van der Waals surface area contributed by atoms with Crippen LogP contribution >= 0.6 is 0 Å². The summed E-state index contributed by atoms with van der Waals surface area (Å²) in [6.07, 6.45) is 9.08. The Morgan fingerprint density at radius 2 is 1.65 bits per heavy atom. The summed E-state index contributed by atoms with van der Waals surface area (Å²) in [6.45, 7) is 6.75. The fourth-order valence-electron chi connectivity index (χ4n) is 4.62. The van der Waals surface area contributed by atoms with Gasteiger partial charge in [-0.1, -0.05) is 43.0 Å². The SMILES string of the molecule is Cc1ccc2cc[n+](C)c(-c3cc(C4CCCCC4)cc(C)c3C)c2c1. The average molecular weight is 345 g/mol. The highest BCUT2D eigenvalue weighted by Gasteiger charge is 2.22. The van der Waals surface area contributed by atoms with E-state index in [1.807, 2.05) is 0 Å². The van der Waals surface area contributed by atoms with Gasteiger partial charge in [-0.3, -0.25) is 0 Å². The minimum Gasteiger partial charge on any atom is -0.200 e. The van der Waals surface area contributed by atoms with Crippen LogP contribution in [0.4, 0.5) is 0 Å². The molecule has 1 heterocycles. The maximum atomic E-state index is 2.50. The first-order valence-corrected chi connectivity index (χ1v) is 10.0. The Bertz CT molecular complexity index is 956. The summed E-state index contributed by atoms with van der Waals surface area (Å²) in [6, 6.07) is 14.0. The second kappa shape index (κ2) is 6.87. The molecule has 26 heavy (non-hydrogen) atoms. The zero-order valence-corrected chi connectivity index (χ0v) is 16.6. The van der Waals surface area contributed by atoms with Crippen LogP contribution < -0.4 is 4.57 Å². The van der Waals surface area contributed by atoms with E-state index in [4.69, 9.17) is 0 Å². The van der Waals surface area contributed by atoms with Crippen molar-refractivity contribution in [3.8, 4) is 11.3 Å². The van der Waals surface area contributed by atoms with Crippen molar-refractivity contribution in [2.45, 2.75) is 58.8 Å². The number of fused-ring (bicyclic) bond motifs is 1. The fourth-order valence-corrected chi connectivity index (χ4v) is 4.62. The predicted molar refractivity (Wildman–Crippen MR) is 111 cm³/mol. The summed E-state index contributed by atoms with van der Waals surface area (Å²) >= 11 is 0. The number of aryl methyl sites for hydroxylation is 3. The topological polar surface area (TPSA) is 3.88 Å². The zero-order chi connectivity index (χ0) is 18.3. The Morgan fingerprint density at radius 3 is 2.42 bits per heavy atom. The standard InChI is InChI=1S/C25H30N/c1-17-10-11-21-12-13-26(4)25(24(21)14-17)23-16-22(15-18(2)19(23)3)20-8-6-5-7-9-20/h10-16,20H,5-9H2,1-4H3/q+1. The third-order valence-corrected chi connectivity index (χ3v) is 6.32. The lowest BCUT2D eigenvalue weighted by atomic mass is 9.81. The van der Waals surface area contributed by atoms with Crippen LogP contribution in [0, 0.1) is 20.8 Å². The molecule has 0 saturated heterocycles.